The summed E-state index contributed by atoms with van der Waals surface area (Å²) in [6, 6.07) is 0. The number of phosphoric ester groups is 1. The average Bonchev–Trinajstić information content (AvgIpc) is 3.14. The molecule has 0 bridgehead atoms. The summed E-state index contributed by atoms with van der Waals surface area (Å²) >= 11 is 0. The van der Waals surface area contributed by atoms with E-state index >= 15 is 0 Å². The molecule has 1 heterocycles. The van der Waals surface area contributed by atoms with Crippen LogP contribution in [0.3, 0.4) is 0 Å². The van der Waals surface area contributed by atoms with E-state index < -0.39 is 51.7 Å². The van der Waals surface area contributed by atoms with Crippen LogP contribution >= 0.6 is 7.82 Å². The van der Waals surface area contributed by atoms with Crippen molar-refractivity contribution in [3.05, 3.63) is 25.3 Å². The van der Waals surface area contributed by atoms with Crippen molar-refractivity contribution in [2.24, 2.45) is 0 Å². The average molecular weight is 750 g/mol. The van der Waals surface area contributed by atoms with Gasteiger partial charge in [-0.1, -0.05) is 154 Å². The number of rotatable bonds is 38. The van der Waals surface area contributed by atoms with E-state index in [2.05, 4.69) is 27.0 Å². The third-order valence-corrected chi connectivity index (χ3v) is 10.5. The highest BCUT2D eigenvalue weighted by Crippen LogP contribution is 2.49. The first-order valence-electron chi connectivity index (χ1n) is 20.9. The molecular formula is C40H77O10P. The zero-order chi connectivity index (χ0) is 38.1. The second-order valence-electron chi connectivity index (χ2n) is 13.6. The van der Waals surface area contributed by atoms with E-state index in [1.54, 1.807) is 0 Å². The zero-order valence-corrected chi connectivity index (χ0v) is 33.3. The highest BCUT2D eigenvalue weighted by molar-refractivity contribution is 7.48. The Morgan fingerprint density at radius 1 is 0.627 bits per heavy atom. The standard InChI is InChI=1S/C40H77O10P/c1-5-9-11-13-15-17-19-20-22-24-26-28-32-45-39-38(44-31-27-25-23-21-18-16-14-12-10-6-2)37(42)36(35-41)50-40(39)46-33-34-49-51(43,47-29-7-3)48-30-8-4/h7-8,36-42H,3-6,9-35H2,1-2H3/t36-,37-,38+,39-,40?/m1/s1/i32D/t32?,36-,37-,38+,39-,40?. The smallest absolute Gasteiger partial charge is 0.394 e. The normalized spacial score (nSPS) is 21.8. The van der Waals surface area contributed by atoms with Gasteiger partial charge in [-0.25, -0.2) is 4.57 Å². The van der Waals surface area contributed by atoms with Gasteiger partial charge in [0.05, 0.1) is 34.4 Å². The first-order chi connectivity index (χ1) is 25.4. The monoisotopic (exact) mass is 750 g/mol. The lowest BCUT2D eigenvalue weighted by molar-refractivity contribution is -0.317. The molecule has 2 N–H and O–H groups in total. The highest BCUT2D eigenvalue weighted by Gasteiger charge is 2.47. The molecule has 10 nitrogen and oxygen atoms in total. The van der Waals surface area contributed by atoms with Crippen LogP contribution in [0.4, 0.5) is 0 Å². The minimum atomic E-state index is -3.90. The summed E-state index contributed by atoms with van der Waals surface area (Å²) in [6.07, 6.45) is 23.7. The Kier molecular flexibility index (Phi) is 30.9. The number of ether oxygens (including phenoxy) is 4. The number of aliphatic hydroxyl groups is 2. The van der Waals surface area contributed by atoms with Gasteiger partial charge < -0.3 is 29.2 Å². The summed E-state index contributed by atoms with van der Waals surface area (Å²) in [5.74, 6) is 0. The summed E-state index contributed by atoms with van der Waals surface area (Å²) in [5.41, 5.74) is 0. The first-order valence-corrected chi connectivity index (χ1v) is 21.8. The summed E-state index contributed by atoms with van der Waals surface area (Å²) < 4.78 is 62.0. The first kappa shape index (κ1) is 46.5. The van der Waals surface area contributed by atoms with Crippen molar-refractivity contribution in [1.82, 2.24) is 0 Å². The molecule has 51 heavy (non-hydrogen) atoms. The van der Waals surface area contributed by atoms with Crippen LogP contribution in [-0.4, -0.2) is 87.1 Å². The van der Waals surface area contributed by atoms with Crippen LogP contribution in [0.25, 0.3) is 0 Å². The highest BCUT2D eigenvalue weighted by atomic mass is 31.2. The van der Waals surface area contributed by atoms with E-state index in [1.165, 1.54) is 108 Å². The lowest BCUT2D eigenvalue weighted by Gasteiger charge is -2.43. The van der Waals surface area contributed by atoms with E-state index in [0.717, 1.165) is 38.5 Å². The number of hydrogen-bond acceptors (Lipinski definition) is 10. The molecule has 1 rings (SSSR count). The Labute approximate surface area is 313 Å². The van der Waals surface area contributed by atoms with E-state index in [0.29, 0.717) is 13.0 Å². The summed E-state index contributed by atoms with van der Waals surface area (Å²) in [5, 5.41) is 21.2. The molecule has 302 valence electrons. The molecule has 0 saturated carbocycles. The second-order valence-corrected chi connectivity index (χ2v) is 15.3. The van der Waals surface area contributed by atoms with Gasteiger partial charge in [0.25, 0.3) is 0 Å². The molecule has 1 fully saturated rings. The molecule has 11 heteroatoms. The predicted molar refractivity (Wildman–Crippen MR) is 206 cm³/mol. The van der Waals surface area contributed by atoms with Gasteiger partial charge in [0.2, 0.25) is 0 Å². The van der Waals surface area contributed by atoms with Crippen molar-refractivity contribution in [3.8, 4) is 0 Å². The van der Waals surface area contributed by atoms with E-state index in [-0.39, 0.29) is 26.4 Å². The fourth-order valence-corrected chi connectivity index (χ4v) is 7.20. The maximum Gasteiger partial charge on any atom is 0.475 e. The van der Waals surface area contributed by atoms with Gasteiger partial charge in [-0.15, -0.1) is 13.2 Å². The maximum absolute atomic E-state index is 12.9. The van der Waals surface area contributed by atoms with E-state index in [9.17, 15) is 14.8 Å². The third kappa shape index (κ3) is 24.4. The molecule has 0 aromatic rings. The fourth-order valence-electron chi connectivity index (χ4n) is 6.10. The van der Waals surface area contributed by atoms with Crippen molar-refractivity contribution < 1.29 is 48.7 Å². The van der Waals surface area contributed by atoms with Crippen molar-refractivity contribution in [2.75, 3.05) is 46.2 Å². The van der Waals surface area contributed by atoms with Crippen molar-refractivity contribution >= 4 is 7.82 Å². The molecule has 1 aliphatic heterocycles. The summed E-state index contributed by atoms with van der Waals surface area (Å²) in [4.78, 5) is 0. The van der Waals surface area contributed by atoms with Gasteiger partial charge in [0.15, 0.2) is 6.29 Å². The Balaban J connectivity index is 2.74. The second kappa shape index (κ2) is 33.9. The number of aliphatic hydroxyl groups excluding tert-OH is 2. The lowest BCUT2D eigenvalue weighted by Crippen LogP contribution is -2.61. The summed E-state index contributed by atoms with van der Waals surface area (Å²) in [7, 11) is -3.90. The predicted octanol–water partition coefficient (Wildman–Crippen LogP) is 10.0. The number of phosphoric acid groups is 1. The van der Waals surface area contributed by atoms with Crippen LogP contribution in [0.2, 0.25) is 0 Å². The molecule has 0 spiro atoms. The molecule has 0 aliphatic carbocycles. The Bertz CT molecular complexity index is 867. The zero-order valence-electron chi connectivity index (χ0n) is 33.4. The summed E-state index contributed by atoms with van der Waals surface area (Å²) in [6.45, 7) is 10.3. The van der Waals surface area contributed by atoms with E-state index in [4.69, 9.17) is 33.9 Å². The molecule has 0 radical (unpaired) electrons. The van der Waals surface area contributed by atoms with Crippen molar-refractivity contribution in [3.63, 3.8) is 0 Å². The molecule has 0 aromatic heterocycles. The van der Waals surface area contributed by atoms with Crippen molar-refractivity contribution in [1.29, 1.82) is 0 Å². The van der Waals surface area contributed by atoms with Crippen LogP contribution in [-0.2, 0) is 37.1 Å². The number of unbranched alkanes of at least 4 members (excludes halogenated alkanes) is 19. The van der Waals surface area contributed by atoms with Gasteiger partial charge >= 0.3 is 7.82 Å². The van der Waals surface area contributed by atoms with Gasteiger partial charge in [-0.05, 0) is 12.8 Å². The quantitative estimate of drug-likeness (QED) is 0.0358. The molecule has 1 aliphatic rings. The topological polar surface area (TPSA) is 122 Å². The molecule has 2 unspecified atom stereocenters. The molecule has 6 atom stereocenters. The fraction of sp³-hybridized carbons (Fsp3) is 0.900. The maximum atomic E-state index is 12.9. The Morgan fingerprint density at radius 2 is 1.10 bits per heavy atom. The van der Waals surface area contributed by atoms with Crippen LogP contribution < -0.4 is 0 Å². The largest absolute Gasteiger partial charge is 0.475 e. The van der Waals surface area contributed by atoms with Crippen LogP contribution in [0, 0.1) is 0 Å². The SMILES string of the molecule is [2H]C(CCCCCCCCCCCCC)O[C@H]1C(OCCOP(=O)(OCC=C)OCC=C)O[C@H](CO)[C@@H](O)[C@@H]1OCCCCCCCCCCCC. The van der Waals surface area contributed by atoms with Crippen LogP contribution in [0.15, 0.2) is 25.3 Å². The van der Waals surface area contributed by atoms with Gasteiger partial charge in [-0.2, -0.15) is 0 Å². The molecule has 0 amide bonds. The Hall–Kier alpha value is -0.650. The Morgan fingerprint density at radius 3 is 1.57 bits per heavy atom. The lowest BCUT2D eigenvalue weighted by atomic mass is 9.98. The van der Waals surface area contributed by atoms with Crippen LogP contribution in [0.5, 0.6) is 0 Å². The molecule has 0 aromatic carbocycles. The molecule has 1 saturated heterocycles. The van der Waals surface area contributed by atoms with Gasteiger partial charge in [-0.3, -0.25) is 13.6 Å². The van der Waals surface area contributed by atoms with Crippen molar-refractivity contribution in [2.45, 2.75) is 186 Å². The van der Waals surface area contributed by atoms with Gasteiger partial charge in [0.1, 0.15) is 24.4 Å². The van der Waals surface area contributed by atoms with Crippen LogP contribution in [0.1, 0.15) is 156 Å². The molecular weight excluding hydrogens is 671 g/mol. The minimum absolute atomic E-state index is 0.0327. The number of hydrogen-bond donors (Lipinski definition) is 2. The minimum Gasteiger partial charge on any atom is -0.394 e. The van der Waals surface area contributed by atoms with E-state index in [1.807, 2.05) is 0 Å². The third-order valence-electron chi connectivity index (χ3n) is 9.10. The van der Waals surface area contributed by atoms with Gasteiger partial charge in [0, 0.05) is 13.2 Å².